The summed E-state index contributed by atoms with van der Waals surface area (Å²) in [5.41, 5.74) is -0.547. The molecule has 0 aromatic rings. The SMILES string of the molecule is CCCCC[C@@H](/C=C/[C@@H]1[C@H]2C/C(=C/CCCC(=O)O)O[C@H]2C[C@H]1O)OC(=O)C(C)(C)C. The Balaban J connectivity index is 1.99. The van der Waals surface area contributed by atoms with Crippen LogP contribution < -0.4 is 0 Å². The largest absolute Gasteiger partial charge is 0.495 e. The second-order valence-corrected chi connectivity index (χ2v) is 9.94. The molecule has 1 aliphatic heterocycles. The fourth-order valence-corrected chi connectivity index (χ4v) is 4.26. The number of hydrogen-bond donors (Lipinski definition) is 2. The minimum atomic E-state index is -0.781. The standard InChI is InChI=1S/C25H40O6/c1-5-6-7-10-17(31-24(29)25(2,3)4)13-14-19-20-15-18(11-8-9-12-23(27)28)30-22(20)16-21(19)26/h11,13-14,17,19-22,26H,5-10,12,15-16H2,1-4H3,(H,27,28)/b14-13+,18-11-/t17-,19+,20+,21+,22-/m0/s1. The van der Waals surface area contributed by atoms with Crippen LogP contribution in [0, 0.1) is 17.3 Å². The molecule has 0 spiro atoms. The maximum atomic E-state index is 12.4. The second-order valence-electron chi connectivity index (χ2n) is 9.94. The molecule has 1 aliphatic carbocycles. The van der Waals surface area contributed by atoms with Crippen LogP contribution in [0.1, 0.15) is 85.5 Å². The molecule has 0 aromatic carbocycles. The van der Waals surface area contributed by atoms with E-state index >= 15 is 0 Å². The van der Waals surface area contributed by atoms with Crippen LogP contribution in [0.15, 0.2) is 24.0 Å². The van der Waals surface area contributed by atoms with Gasteiger partial charge in [-0.05, 0) is 58.6 Å². The minimum absolute atomic E-state index is 0.00830. The summed E-state index contributed by atoms with van der Waals surface area (Å²) in [6, 6.07) is 0. The Morgan fingerprint density at radius 1 is 1.26 bits per heavy atom. The summed E-state index contributed by atoms with van der Waals surface area (Å²) in [6.07, 6.45) is 12.0. The highest BCUT2D eigenvalue weighted by atomic mass is 16.5. The van der Waals surface area contributed by atoms with E-state index in [0.29, 0.717) is 19.3 Å². The molecule has 1 heterocycles. The molecule has 0 unspecified atom stereocenters. The van der Waals surface area contributed by atoms with Gasteiger partial charge in [0, 0.05) is 31.1 Å². The third kappa shape index (κ3) is 7.99. The monoisotopic (exact) mass is 436 g/mol. The molecule has 2 fully saturated rings. The first-order valence-electron chi connectivity index (χ1n) is 11.8. The van der Waals surface area contributed by atoms with E-state index in [4.69, 9.17) is 14.6 Å². The van der Waals surface area contributed by atoms with Crippen LogP contribution in [-0.4, -0.2) is 40.5 Å². The zero-order valence-electron chi connectivity index (χ0n) is 19.5. The van der Waals surface area contributed by atoms with Crippen molar-refractivity contribution in [2.45, 2.75) is 104 Å². The molecule has 6 nitrogen and oxygen atoms in total. The Morgan fingerprint density at radius 3 is 2.65 bits per heavy atom. The molecule has 1 saturated heterocycles. The van der Waals surface area contributed by atoms with E-state index in [0.717, 1.165) is 37.9 Å². The summed E-state index contributed by atoms with van der Waals surface area (Å²) >= 11 is 0. The molecule has 2 N–H and O–H groups in total. The average molecular weight is 437 g/mol. The van der Waals surface area contributed by atoms with Gasteiger partial charge in [-0.15, -0.1) is 0 Å². The Labute approximate surface area is 186 Å². The number of aliphatic carboxylic acids is 1. The van der Waals surface area contributed by atoms with Crippen LogP contribution >= 0.6 is 0 Å². The Kier molecular flexibility index (Phi) is 9.60. The number of aliphatic hydroxyl groups is 1. The summed E-state index contributed by atoms with van der Waals surface area (Å²) < 4.78 is 11.8. The van der Waals surface area contributed by atoms with Crippen molar-refractivity contribution < 1.29 is 29.3 Å². The van der Waals surface area contributed by atoms with E-state index in [1.54, 1.807) is 0 Å². The van der Waals surface area contributed by atoms with E-state index < -0.39 is 17.5 Å². The number of carboxylic acid groups (broad SMARTS) is 1. The lowest BCUT2D eigenvalue weighted by Crippen LogP contribution is -2.28. The average Bonchev–Trinajstić information content (AvgIpc) is 3.18. The molecule has 2 aliphatic rings. The topological polar surface area (TPSA) is 93.1 Å². The Hall–Kier alpha value is -1.82. The van der Waals surface area contributed by atoms with E-state index in [1.807, 2.05) is 39.0 Å². The number of carbonyl (C=O) groups excluding carboxylic acids is 1. The fraction of sp³-hybridized carbons (Fsp3) is 0.760. The first-order chi connectivity index (χ1) is 14.6. The quantitative estimate of drug-likeness (QED) is 0.269. The number of aliphatic hydroxyl groups excluding tert-OH is 1. The first kappa shape index (κ1) is 25.4. The van der Waals surface area contributed by atoms with Gasteiger partial charge in [-0.3, -0.25) is 9.59 Å². The number of unbranched alkanes of at least 4 members (excludes halogenated alkanes) is 3. The van der Waals surface area contributed by atoms with Crippen molar-refractivity contribution >= 4 is 11.9 Å². The number of rotatable bonds is 11. The molecule has 6 heteroatoms. The second kappa shape index (κ2) is 11.7. The van der Waals surface area contributed by atoms with Gasteiger partial charge in [0.25, 0.3) is 0 Å². The van der Waals surface area contributed by atoms with Crippen molar-refractivity contribution in [3.05, 3.63) is 24.0 Å². The van der Waals surface area contributed by atoms with Crippen molar-refractivity contribution in [1.29, 1.82) is 0 Å². The van der Waals surface area contributed by atoms with Crippen LogP contribution in [0.2, 0.25) is 0 Å². The van der Waals surface area contributed by atoms with Crippen molar-refractivity contribution in [3.63, 3.8) is 0 Å². The maximum Gasteiger partial charge on any atom is 0.311 e. The van der Waals surface area contributed by atoms with Gasteiger partial charge in [0.1, 0.15) is 12.2 Å². The van der Waals surface area contributed by atoms with E-state index in [1.165, 1.54) is 0 Å². The molecule has 0 radical (unpaired) electrons. The van der Waals surface area contributed by atoms with Gasteiger partial charge in [-0.25, -0.2) is 0 Å². The minimum Gasteiger partial charge on any atom is -0.495 e. The van der Waals surface area contributed by atoms with Gasteiger partial charge in [-0.1, -0.05) is 25.8 Å². The van der Waals surface area contributed by atoms with Crippen LogP contribution in [0.25, 0.3) is 0 Å². The summed E-state index contributed by atoms with van der Waals surface area (Å²) in [5.74, 6) is 0.0868. The van der Waals surface area contributed by atoms with Gasteiger partial charge in [0.2, 0.25) is 0 Å². The molecule has 176 valence electrons. The molecule has 2 rings (SSSR count). The smallest absolute Gasteiger partial charge is 0.311 e. The molecule has 0 aromatic heterocycles. The van der Waals surface area contributed by atoms with Gasteiger partial charge in [0.15, 0.2) is 0 Å². The summed E-state index contributed by atoms with van der Waals surface area (Å²) in [7, 11) is 0. The molecule has 1 saturated carbocycles. The molecule has 31 heavy (non-hydrogen) atoms. The van der Waals surface area contributed by atoms with E-state index in [9.17, 15) is 14.7 Å². The number of allylic oxidation sites excluding steroid dienone is 2. The normalized spacial score (nSPS) is 28.0. The Bertz CT molecular complexity index is 659. The van der Waals surface area contributed by atoms with E-state index in [2.05, 4.69) is 6.92 Å². The highest BCUT2D eigenvalue weighted by Crippen LogP contribution is 2.45. The van der Waals surface area contributed by atoms with Gasteiger partial charge in [-0.2, -0.15) is 0 Å². The lowest BCUT2D eigenvalue weighted by Gasteiger charge is -2.22. The lowest BCUT2D eigenvalue weighted by atomic mass is 9.90. The summed E-state index contributed by atoms with van der Waals surface area (Å²) in [6.45, 7) is 7.71. The molecular weight excluding hydrogens is 396 g/mol. The van der Waals surface area contributed by atoms with Crippen molar-refractivity contribution in [3.8, 4) is 0 Å². The summed E-state index contributed by atoms with van der Waals surface area (Å²) in [4.78, 5) is 23.0. The van der Waals surface area contributed by atoms with Crippen LogP contribution in [-0.2, 0) is 19.1 Å². The summed E-state index contributed by atoms with van der Waals surface area (Å²) in [5, 5.41) is 19.3. The lowest BCUT2D eigenvalue weighted by molar-refractivity contribution is -0.156. The molecular formula is C25H40O6. The van der Waals surface area contributed by atoms with Crippen LogP contribution in [0.3, 0.4) is 0 Å². The fourth-order valence-electron chi connectivity index (χ4n) is 4.26. The third-order valence-electron chi connectivity index (χ3n) is 6.11. The molecule has 5 atom stereocenters. The van der Waals surface area contributed by atoms with Gasteiger partial charge < -0.3 is 19.7 Å². The van der Waals surface area contributed by atoms with Gasteiger partial charge >= 0.3 is 11.9 Å². The van der Waals surface area contributed by atoms with Gasteiger partial charge in [0.05, 0.1) is 17.3 Å². The number of esters is 1. The Morgan fingerprint density at radius 2 is 2.00 bits per heavy atom. The molecule has 0 amide bonds. The van der Waals surface area contributed by atoms with Crippen molar-refractivity contribution in [2.75, 3.05) is 0 Å². The molecule has 0 bridgehead atoms. The zero-order valence-corrected chi connectivity index (χ0v) is 19.5. The zero-order chi connectivity index (χ0) is 23.0. The maximum absolute atomic E-state index is 12.4. The third-order valence-corrected chi connectivity index (χ3v) is 6.11. The van der Waals surface area contributed by atoms with Crippen molar-refractivity contribution in [2.24, 2.45) is 17.3 Å². The first-order valence-corrected chi connectivity index (χ1v) is 11.8. The number of ether oxygens (including phenoxy) is 2. The number of carboxylic acids is 1. The highest BCUT2D eigenvalue weighted by Gasteiger charge is 2.47. The van der Waals surface area contributed by atoms with Crippen molar-refractivity contribution in [1.82, 2.24) is 0 Å². The predicted octanol–water partition coefficient (Wildman–Crippen LogP) is 5.01. The van der Waals surface area contributed by atoms with Crippen LogP contribution in [0.5, 0.6) is 0 Å². The van der Waals surface area contributed by atoms with E-state index in [-0.39, 0.29) is 36.4 Å². The van der Waals surface area contributed by atoms with Crippen LogP contribution in [0.4, 0.5) is 0 Å². The highest BCUT2D eigenvalue weighted by molar-refractivity contribution is 5.75. The number of carbonyl (C=O) groups is 2. The number of hydrogen-bond acceptors (Lipinski definition) is 5. The number of fused-ring (bicyclic) bond motifs is 1. The predicted molar refractivity (Wildman–Crippen MR) is 119 cm³/mol.